The first-order valence-electron chi connectivity index (χ1n) is 9.41. The van der Waals surface area contributed by atoms with Gasteiger partial charge in [0.05, 0.1) is 6.26 Å². The van der Waals surface area contributed by atoms with Gasteiger partial charge in [-0.15, -0.1) is 0 Å². The van der Waals surface area contributed by atoms with Crippen molar-refractivity contribution in [3.8, 4) is 11.1 Å². The van der Waals surface area contributed by atoms with Crippen LogP contribution in [0, 0.1) is 6.92 Å². The van der Waals surface area contributed by atoms with Gasteiger partial charge in [-0.05, 0) is 24.1 Å². The molecular weight excluding hydrogens is 336 g/mol. The highest BCUT2D eigenvalue weighted by molar-refractivity contribution is 5.98. The third-order valence-electron chi connectivity index (χ3n) is 5.09. The minimum atomic E-state index is -0.0194. The fourth-order valence-corrected chi connectivity index (χ4v) is 3.64. The van der Waals surface area contributed by atoms with Crippen LogP contribution in [0.3, 0.4) is 0 Å². The second kappa shape index (κ2) is 7.80. The molecule has 0 radical (unpaired) electrons. The van der Waals surface area contributed by atoms with E-state index in [0.717, 1.165) is 43.9 Å². The quantitative estimate of drug-likeness (QED) is 0.699. The first-order valence-corrected chi connectivity index (χ1v) is 9.41. The van der Waals surface area contributed by atoms with E-state index in [9.17, 15) is 4.79 Å². The largest absolute Gasteiger partial charge is 0.459 e. The zero-order valence-electron chi connectivity index (χ0n) is 15.6. The summed E-state index contributed by atoms with van der Waals surface area (Å²) >= 11 is 0. The Labute approximate surface area is 160 Å². The molecule has 0 saturated carbocycles. The smallest absolute Gasteiger partial charge is 0.290 e. The number of carbonyl (C=O) groups is 1. The predicted octanol–water partition coefficient (Wildman–Crippen LogP) is 4.21. The van der Waals surface area contributed by atoms with Crippen LogP contribution in [0.1, 0.15) is 21.7 Å². The third-order valence-corrected chi connectivity index (χ3v) is 5.09. The SMILES string of the molecule is Cc1cccc(CN2CCN(C(=O)c3occc3-c3ccccc3)CC2)c1. The Kier molecular flexibility index (Phi) is 5.07. The second-order valence-corrected chi connectivity index (χ2v) is 7.09. The van der Waals surface area contributed by atoms with E-state index < -0.39 is 0 Å². The van der Waals surface area contributed by atoms with Crippen molar-refractivity contribution in [3.05, 3.63) is 83.8 Å². The van der Waals surface area contributed by atoms with Crippen molar-refractivity contribution in [2.24, 2.45) is 0 Å². The lowest BCUT2D eigenvalue weighted by Gasteiger charge is -2.34. The lowest BCUT2D eigenvalue weighted by Crippen LogP contribution is -2.48. The highest BCUT2D eigenvalue weighted by atomic mass is 16.3. The van der Waals surface area contributed by atoms with Crippen molar-refractivity contribution in [2.75, 3.05) is 26.2 Å². The van der Waals surface area contributed by atoms with Crippen LogP contribution < -0.4 is 0 Å². The first kappa shape index (κ1) is 17.6. The van der Waals surface area contributed by atoms with E-state index in [4.69, 9.17) is 4.42 Å². The van der Waals surface area contributed by atoms with Crippen LogP contribution in [-0.2, 0) is 6.54 Å². The van der Waals surface area contributed by atoms with Gasteiger partial charge < -0.3 is 9.32 Å². The van der Waals surface area contributed by atoms with Gasteiger partial charge in [-0.3, -0.25) is 9.69 Å². The summed E-state index contributed by atoms with van der Waals surface area (Å²) in [4.78, 5) is 17.3. The molecule has 2 heterocycles. The van der Waals surface area contributed by atoms with Gasteiger partial charge in [0.15, 0.2) is 5.76 Å². The van der Waals surface area contributed by atoms with E-state index in [1.807, 2.05) is 41.3 Å². The molecule has 0 unspecified atom stereocenters. The van der Waals surface area contributed by atoms with Crippen LogP contribution in [0.15, 0.2) is 71.3 Å². The van der Waals surface area contributed by atoms with Crippen molar-refractivity contribution < 1.29 is 9.21 Å². The van der Waals surface area contributed by atoms with Gasteiger partial charge >= 0.3 is 0 Å². The van der Waals surface area contributed by atoms with Crippen LogP contribution in [-0.4, -0.2) is 41.9 Å². The lowest BCUT2D eigenvalue weighted by atomic mass is 10.1. The molecule has 0 aliphatic carbocycles. The average Bonchev–Trinajstić information content (AvgIpc) is 3.19. The summed E-state index contributed by atoms with van der Waals surface area (Å²) in [6.45, 7) is 6.24. The van der Waals surface area contributed by atoms with Crippen molar-refractivity contribution >= 4 is 5.91 Å². The highest BCUT2D eigenvalue weighted by Crippen LogP contribution is 2.26. The molecule has 0 bridgehead atoms. The Morgan fingerprint density at radius 2 is 1.74 bits per heavy atom. The average molecular weight is 360 g/mol. The molecule has 4 heteroatoms. The molecule has 138 valence electrons. The summed E-state index contributed by atoms with van der Waals surface area (Å²) in [5.41, 5.74) is 4.48. The van der Waals surface area contributed by atoms with Crippen LogP contribution in [0.2, 0.25) is 0 Å². The Morgan fingerprint density at radius 1 is 0.963 bits per heavy atom. The van der Waals surface area contributed by atoms with Gasteiger partial charge in [0.2, 0.25) is 0 Å². The molecule has 4 nitrogen and oxygen atoms in total. The van der Waals surface area contributed by atoms with E-state index in [-0.39, 0.29) is 5.91 Å². The number of benzene rings is 2. The normalized spacial score (nSPS) is 15.1. The Bertz CT molecular complexity index is 909. The van der Waals surface area contributed by atoms with E-state index in [2.05, 4.69) is 36.1 Å². The van der Waals surface area contributed by atoms with Crippen molar-refractivity contribution in [3.63, 3.8) is 0 Å². The second-order valence-electron chi connectivity index (χ2n) is 7.09. The summed E-state index contributed by atoms with van der Waals surface area (Å²) < 4.78 is 5.56. The number of piperazine rings is 1. The fourth-order valence-electron chi connectivity index (χ4n) is 3.64. The molecule has 1 aromatic heterocycles. The van der Waals surface area contributed by atoms with Gasteiger partial charge in [-0.2, -0.15) is 0 Å². The molecule has 0 atom stereocenters. The summed E-state index contributed by atoms with van der Waals surface area (Å²) in [5, 5.41) is 0. The topological polar surface area (TPSA) is 36.7 Å². The van der Waals surface area contributed by atoms with Gasteiger partial charge in [0, 0.05) is 38.3 Å². The molecule has 1 saturated heterocycles. The first-order chi connectivity index (χ1) is 13.2. The Balaban J connectivity index is 1.40. The van der Waals surface area contributed by atoms with Crippen molar-refractivity contribution in [1.29, 1.82) is 0 Å². The summed E-state index contributed by atoms with van der Waals surface area (Å²) in [6.07, 6.45) is 1.60. The number of amides is 1. The number of furan rings is 1. The minimum absolute atomic E-state index is 0.0194. The molecule has 1 amide bonds. The van der Waals surface area contributed by atoms with E-state index in [1.165, 1.54) is 11.1 Å². The van der Waals surface area contributed by atoms with E-state index in [0.29, 0.717) is 5.76 Å². The van der Waals surface area contributed by atoms with Crippen LogP contribution in [0.25, 0.3) is 11.1 Å². The maximum Gasteiger partial charge on any atom is 0.290 e. The molecule has 4 rings (SSSR count). The molecule has 0 spiro atoms. The molecule has 2 aromatic carbocycles. The lowest BCUT2D eigenvalue weighted by molar-refractivity contribution is 0.0599. The Morgan fingerprint density at radius 3 is 2.48 bits per heavy atom. The zero-order valence-corrected chi connectivity index (χ0v) is 15.6. The standard InChI is InChI=1S/C23H24N2O2/c1-18-6-5-7-19(16-18)17-24-11-13-25(14-12-24)23(26)22-21(10-15-27-22)20-8-3-2-4-9-20/h2-10,15-16H,11-14,17H2,1H3. The molecule has 0 N–H and O–H groups in total. The maximum atomic E-state index is 13.0. The van der Waals surface area contributed by atoms with Crippen molar-refractivity contribution in [2.45, 2.75) is 13.5 Å². The van der Waals surface area contributed by atoms with E-state index >= 15 is 0 Å². The molecular formula is C23H24N2O2. The van der Waals surface area contributed by atoms with Crippen LogP contribution in [0.4, 0.5) is 0 Å². The highest BCUT2D eigenvalue weighted by Gasteiger charge is 2.26. The van der Waals surface area contributed by atoms with Gasteiger partial charge in [0.25, 0.3) is 5.91 Å². The number of nitrogens with zero attached hydrogens (tertiary/aromatic N) is 2. The number of aryl methyl sites for hydroxylation is 1. The fraction of sp³-hybridized carbons (Fsp3) is 0.261. The van der Waals surface area contributed by atoms with Crippen molar-refractivity contribution in [1.82, 2.24) is 9.80 Å². The third kappa shape index (κ3) is 3.96. The summed E-state index contributed by atoms with van der Waals surface area (Å²) in [7, 11) is 0. The molecule has 1 fully saturated rings. The Hall–Kier alpha value is -2.85. The molecule has 3 aromatic rings. The molecule has 1 aliphatic rings. The van der Waals surface area contributed by atoms with Crippen LogP contribution >= 0.6 is 0 Å². The molecule has 27 heavy (non-hydrogen) atoms. The zero-order chi connectivity index (χ0) is 18.6. The van der Waals surface area contributed by atoms with Gasteiger partial charge in [-0.25, -0.2) is 0 Å². The molecule has 1 aliphatic heterocycles. The summed E-state index contributed by atoms with van der Waals surface area (Å²) in [6, 6.07) is 20.4. The maximum absolute atomic E-state index is 13.0. The monoisotopic (exact) mass is 360 g/mol. The number of rotatable bonds is 4. The number of hydrogen-bond acceptors (Lipinski definition) is 3. The summed E-state index contributed by atoms with van der Waals surface area (Å²) in [5.74, 6) is 0.419. The van der Waals surface area contributed by atoms with Gasteiger partial charge in [0.1, 0.15) is 0 Å². The predicted molar refractivity (Wildman–Crippen MR) is 107 cm³/mol. The van der Waals surface area contributed by atoms with Crippen LogP contribution in [0.5, 0.6) is 0 Å². The van der Waals surface area contributed by atoms with Gasteiger partial charge in [-0.1, -0.05) is 60.2 Å². The number of carbonyl (C=O) groups excluding carboxylic acids is 1. The van der Waals surface area contributed by atoms with E-state index in [1.54, 1.807) is 6.26 Å². The number of hydrogen-bond donors (Lipinski definition) is 0. The minimum Gasteiger partial charge on any atom is -0.459 e.